The van der Waals surface area contributed by atoms with E-state index in [-0.39, 0.29) is 21.6 Å². The van der Waals surface area contributed by atoms with Crippen molar-refractivity contribution in [1.29, 1.82) is 0 Å². The fourth-order valence-corrected chi connectivity index (χ4v) is 2.01. The normalized spacial score (nSPS) is 17.5. The number of rotatable bonds is 0. The van der Waals surface area contributed by atoms with Gasteiger partial charge in [-0.2, -0.15) is 0 Å². The lowest BCUT2D eigenvalue weighted by Gasteiger charge is -2.16. The second-order valence-electron chi connectivity index (χ2n) is 3.99. The highest BCUT2D eigenvalue weighted by atomic mass is 79.9. The second kappa shape index (κ2) is 3.01. The Balaban J connectivity index is 2.78. The molecule has 0 aliphatic carbocycles. The Labute approximate surface area is 93.8 Å². The van der Waals surface area contributed by atoms with Crippen LogP contribution in [0.3, 0.4) is 0 Å². The Hall–Kier alpha value is -0.970. The van der Waals surface area contributed by atoms with E-state index >= 15 is 0 Å². The molecule has 2 nitrogen and oxygen atoms in total. The highest BCUT2D eigenvalue weighted by Crippen LogP contribution is 2.42. The van der Waals surface area contributed by atoms with Crippen molar-refractivity contribution in [2.75, 3.05) is 5.32 Å². The summed E-state index contributed by atoms with van der Waals surface area (Å²) in [6.45, 7) is 3.20. The van der Waals surface area contributed by atoms with Gasteiger partial charge in [-0.25, -0.2) is 8.78 Å². The predicted molar refractivity (Wildman–Crippen MR) is 55.7 cm³/mol. The smallest absolute Gasteiger partial charge is 0.234 e. The number of fused-ring (bicyclic) bond motifs is 1. The summed E-state index contributed by atoms with van der Waals surface area (Å²) < 4.78 is 26.7. The summed E-state index contributed by atoms with van der Waals surface area (Å²) in [7, 11) is 0. The molecule has 1 heterocycles. The molecule has 0 fully saturated rings. The maximum absolute atomic E-state index is 13.8. The van der Waals surface area contributed by atoms with Crippen LogP contribution in [0.2, 0.25) is 0 Å². The summed E-state index contributed by atoms with van der Waals surface area (Å²) in [5, 5.41) is 2.46. The standard InChI is InChI=1S/C10H8BrF2NO/c1-10(2)6-5(14-9(10)15)3-4(12)7(11)8(6)13/h3H,1-2H3,(H,14,15). The molecule has 1 amide bonds. The van der Waals surface area contributed by atoms with Gasteiger partial charge in [0.05, 0.1) is 15.6 Å². The van der Waals surface area contributed by atoms with Gasteiger partial charge in [0.25, 0.3) is 0 Å². The summed E-state index contributed by atoms with van der Waals surface area (Å²) >= 11 is 2.82. The van der Waals surface area contributed by atoms with Gasteiger partial charge in [0.1, 0.15) is 11.6 Å². The molecule has 0 atom stereocenters. The van der Waals surface area contributed by atoms with Crippen LogP contribution < -0.4 is 5.32 Å². The zero-order valence-electron chi connectivity index (χ0n) is 8.12. The van der Waals surface area contributed by atoms with Crippen LogP contribution >= 0.6 is 15.9 Å². The highest BCUT2D eigenvalue weighted by Gasteiger charge is 2.42. The minimum absolute atomic E-state index is 0.209. The van der Waals surface area contributed by atoms with Crippen molar-refractivity contribution in [2.45, 2.75) is 19.3 Å². The third-order valence-electron chi connectivity index (χ3n) is 2.60. The molecular formula is C10H8BrF2NO. The van der Waals surface area contributed by atoms with Crippen molar-refractivity contribution in [3.8, 4) is 0 Å². The van der Waals surface area contributed by atoms with Gasteiger partial charge in [0.15, 0.2) is 0 Å². The van der Waals surface area contributed by atoms with Crippen LogP contribution in [0.15, 0.2) is 10.5 Å². The molecule has 0 aromatic heterocycles. The Morgan fingerprint density at radius 1 is 1.40 bits per heavy atom. The number of nitrogens with one attached hydrogen (secondary N) is 1. The summed E-state index contributed by atoms with van der Waals surface area (Å²) in [4.78, 5) is 11.5. The fraction of sp³-hybridized carbons (Fsp3) is 0.300. The molecule has 0 saturated heterocycles. The van der Waals surface area contributed by atoms with Crippen molar-refractivity contribution in [3.63, 3.8) is 0 Å². The van der Waals surface area contributed by atoms with E-state index in [1.807, 2.05) is 0 Å². The first-order chi connectivity index (χ1) is 6.85. The molecule has 15 heavy (non-hydrogen) atoms. The van der Waals surface area contributed by atoms with Crippen LogP contribution in [0.4, 0.5) is 14.5 Å². The first-order valence-corrected chi connectivity index (χ1v) is 5.14. The number of anilines is 1. The number of benzene rings is 1. The topological polar surface area (TPSA) is 29.1 Å². The molecule has 1 aromatic carbocycles. The van der Waals surface area contributed by atoms with Gasteiger partial charge in [-0.15, -0.1) is 0 Å². The van der Waals surface area contributed by atoms with Crippen molar-refractivity contribution >= 4 is 27.5 Å². The first-order valence-electron chi connectivity index (χ1n) is 4.35. The lowest BCUT2D eigenvalue weighted by molar-refractivity contribution is -0.119. The van der Waals surface area contributed by atoms with Crippen LogP contribution in [-0.2, 0) is 10.2 Å². The molecule has 1 aromatic rings. The Morgan fingerprint density at radius 3 is 2.60 bits per heavy atom. The summed E-state index contributed by atoms with van der Waals surface area (Å²) in [6, 6.07) is 1.12. The third-order valence-corrected chi connectivity index (χ3v) is 3.33. The molecule has 0 spiro atoms. The number of carbonyl (C=O) groups excluding carboxylic acids is 1. The summed E-state index contributed by atoms with van der Waals surface area (Å²) in [5.41, 5.74) is -0.542. The summed E-state index contributed by atoms with van der Waals surface area (Å²) in [5.74, 6) is -1.76. The molecule has 1 N–H and O–H groups in total. The second-order valence-corrected chi connectivity index (χ2v) is 4.78. The maximum Gasteiger partial charge on any atom is 0.234 e. The number of amides is 1. The average molecular weight is 276 g/mol. The van der Waals surface area contributed by atoms with Crippen LogP contribution in [0, 0.1) is 11.6 Å². The van der Waals surface area contributed by atoms with Crippen LogP contribution in [0.5, 0.6) is 0 Å². The van der Waals surface area contributed by atoms with E-state index in [2.05, 4.69) is 21.2 Å². The van der Waals surface area contributed by atoms with Crippen molar-refractivity contribution < 1.29 is 13.6 Å². The SMILES string of the molecule is CC1(C)C(=O)Nc2cc(F)c(Br)c(F)c21. The molecule has 0 unspecified atom stereocenters. The largest absolute Gasteiger partial charge is 0.325 e. The van der Waals surface area contributed by atoms with E-state index in [1.54, 1.807) is 13.8 Å². The minimum Gasteiger partial charge on any atom is -0.325 e. The van der Waals surface area contributed by atoms with E-state index in [0.717, 1.165) is 6.07 Å². The van der Waals surface area contributed by atoms with E-state index in [0.29, 0.717) is 0 Å². The number of carbonyl (C=O) groups is 1. The zero-order chi connectivity index (χ0) is 11.4. The van der Waals surface area contributed by atoms with E-state index in [1.165, 1.54) is 0 Å². The molecule has 0 radical (unpaired) electrons. The van der Waals surface area contributed by atoms with Crippen LogP contribution in [0.1, 0.15) is 19.4 Å². The monoisotopic (exact) mass is 275 g/mol. The Bertz CT molecular complexity index is 471. The number of hydrogen-bond donors (Lipinski definition) is 1. The molecule has 0 saturated carbocycles. The van der Waals surface area contributed by atoms with Gasteiger partial charge in [-0.1, -0.05) is 0 Å². The highest BCUT2D eigenvalue weighted by molar-refractivity contribution is 9.10. The molecule has 5 heteroatoms. The minimum atomic E-state index is -0.963. The predicted octanol–water partition coefficient (Wildman–Crippen LogP) is 2.96. The van der Waals surface area contributed by atoms with Gasteiger partial charge >= 0.3 is 0 Å². The number of hydrogen-bond acceptors (Lipinski definition) is 1. The van der Waals surface area contributed by atoms with Crippen molar-refractivity contribution in [1.82, 2.24) is 0 Å². The lowest BCUT2D eigenvalue weighted by atomic mass is 9.86. The number of halogens is 3. The lowest BCUT2D eigenvalue weighted by Crippen LogP contribution is -2.27. The zero-order valence-corrected chi connectivity index (χ0v) is 9.71. The van der Waals surface area contributed by atoms with Gasteiger partial charge < -0.3 is 5.32 Å². The van der Waals surface area contributed by atoms with Gasteiger partial charge in [0, 0.05) is 5.56 Å². The Kier molecular flexibility index (Phi) is 2.12. The average Bonchev–Trinajstić information content (AvgIpc) is 2.34. The first kappa shape index (κ1) is 10.5. The van der Waals surface area contributed by atoms with Crippen LogP contribution in [-0.4, -0.2) is 5.91 Å². The fourth-order valence-electron chi connectivity index (χ4n) is 1.70. The Morgan fingerprint density at radius 2 is 2.00 bits per heavy atom. The van der Waals surface area contributed by atoms with E-state index in [9.17, 15) is 13.6 Å². The van der Waals surface area contributed by atoms with Gasteiger partial charge in [-0.3, -0.25) is 4.79 Å². The van der Waals surface area contributed by atoms with Gasteiger partial charge in [0.2, 0.25) is 5.91 Å². The molecule has 0 bridgehead atoms. The van der Waals surface area contributed by atoms with E-state index in [4.69, 9.17) is 0 Å². The molecule has 1 aliphatic rings. The van der Waals surface area contributed by atoms with Crippen LogP contribution in [0.25, 0.3) is 0 Å². The molecule has 1 aliphatic heterocycles. The van der Waals surface area contributed by atoms with Gasteiger partial charge in [-0.05, 0) is 35.8 Å². The molecule has 2 rings (SSSR count). The van der Waals surface area contributed by atoms with E-state index < -0.39 is 17.0 Å². The summed E-state index contributed by atoms with van der Waals surface area (Å²) in [6.07, 6.45) is 0. The molecular weight excluding hydrogens is 268 g/mol. The molecule has 80 valence electrons. The van der Waals surface area contributed by atoms with Crippen molar-refractivity contribution in [3.05, 3.63) is 27.7 Å². The van der Waals surface area contributed by atoms with Crippen molar-refractivity contribution in [2.24, 2.45) is 0 Å². The maximum atomic E-state index is 13.8. The quantitative estimate of drug-likeness (QED) is 0.725. The third kappa shape index (κ3) is 1.29.